The molecule has 0 aliphatic carbocycles. The van der Waals surface area contributed by atoms with E-state index in [2.05, 4.69) is 22.9 Å². The molecule has 0 bridgehead atoms. The lowest BCUT2D eigenvalue weighted by molar-refractivity contribution is 0.0696. The summed E-state index contributed by atoms with van der Waals surface area (Å²) in [5, 5.41) is 8.96. The number of hydrogen-bond donors (Lipinski definition) is 1. The van der Waals surface area contributed by atoms with Crippen LogP contribution in [0.15, 0.2) is 46.9 Å². The molecule has 5 heteroatoms. The van der Waals surface area contributed by atoms with Crippen molar-refractivity contribution in [3.8, 4) is 17.2 Å². The molecule has 0 aliphatic rings. The zero-order chi connectivity index (χ0) is 15.2. The van der Waals surface area contributed by atoms with Crippen LogP contribution < -0.4 is 9.47 Å². The van der Waals surface area contributed by atoms with Gasteiger partial charge in [-0.3, -0.25) is 0 Å². The van der Waals surface area contributed by atoms with Crippen LogP contribution in [0, 0.1) is 0 Å². The highest BCUT2D eigenvalue weighted by Gasteiger charge is 2.09. The van der Waals surface area contributed by atoms with Crippen molar-refractivity contribution in [1.29, 1.82) is 0 Å². The molecular weight excluding hydrogens is 336 g/mol. The molecule has 4 nitrogen and oxygen atoms in total. The third kappa shape index (κ3) is 4.23. The van der Waals surface area contributed by atoms with Crippen molar-refractivity contribution in [2.24, 2.45) is 0 Å². The van der Waals surface area contributed by atoms with E-state index >= 15 is 0 Å². The summed E-state index contributed by atoms with van der Waals surface area (Å²) in [4.78, 5) is 10.9. The lowest BCUT2D eigenvalue weighted by atomic mass is 10.2. The number of carboxylic acid groups (broad SMARTS) is 1. The van der Waals surface area contributed by atoms with Crippen LogP contribution in [0.2, 0.25) is 0 Å². The maximum Gasteiger partial charge on any atom is 0.336 e. The highest BCUT2D eigenvalue weighted by atomic mass is 79.9. The molecule has 0 unspecified atom stereocenters. The van der Waals surface area contributed by atoms with Gasteiger partial charge >= 0.3 is 5.97 Å². The third-order valence-corrected chi connectivity index (χ3v) is 3.36. The molecule has 0 aliphatic heterocycles. The van der Waals surface area contributed by atoms with E-state index in [1.807, 2.05) is 24.3 Å². The lowest BCUT2D eigenvalue weighted by Gasteiger charge is -2.09. The first-order chi connectivity index (χ1) is 10.1. The Bertz CT molecular complexity index is 623. The second kappa shape index (κ2) is 7.13. The number of benzene rings is 2. The number of ether oxygens (including phenoxy) is 2. The Morgan fingerprint density at radius 3 is 2.29 bits per heavy atom. The van der Waals surface area contributed by atoms with Gasteiger partial charge in [-0.15, -0.1) is 0 Å². The van der Waals surface area contributed by atoms with Gasteiger partial charge in [0.2, 0.25) is 0 Å². The van der Waals surface area contributed by atoms with E-state index in [1.54, 1.807) is 12.1 Å². The van der Waals surface area contributed by atoms with Crippen molar-refractivity contribution >= 4 is 21.9 Å². The molecule has 2 rings (SSSR count). The predicted octanol–water partition coefficient (Wildman–Crippen LogP) is 4.73. The molecule has 2 aromatic carbocycles. The van der Waals surface area contributed by atoms with E-state index in [4.69, 9.17) is 14.6 Å². The van der Waals surface area contributed by atoms with Crippen molar-refractivity contribution in [2.45, 2.75) is 13.3 Å². The van der Waals surface area contributed by atoms with E-state index in [1.165, 1.54) is 6.07 Å². The van der Waals surface area contributed by atoms with Crippen LogP contribution in [0.4, 0.5) is 0 Å². The first-order valence-corrected chi connectivity index (χ1v) is 7.33. The standard InChI is InChI=1S/C16H15BrO4/c1-2-9-20-11-3-5-12(6-4-11)21-13-7-8-14(16(18)19)15(17)10-13/h3-8,10H,2,9H2,1H3,(H,18,19). The topological polar surface area (TPSA) is 55.8 Å². The summed E-state index contributed by atoms with van der Waals surface area (Å²) in [7, 11) is 0. The van der Waals surface area contributed by atoms with E-state index in [9.17, 15) is 4.79 Å². The maximum atomic E-state index is 10.9. The van der Waals surface area contributed by atoms with Gasteiger partial charge in [-0.2, -0.15) is 0 Å². The number of halogens is 1. The largest absolute Gasteiger partial charge is 0.494 e. The Morgan fingerprint density at radius 2 is 1.71 bits per heavy atom. The molecule has 0 heterocycles. The predicted molar refractivity (Wildman–Crippen MR) is 83.4 cm³/mol. The Hall–Kier alpha value is -2.01. The smallest absolute Gasteiger partial charge is 0.336 e. The molecule has 0 saturated carbocycles. The van der Waals surface area contributed by atoms with Gasteiger partial charge in [0.05, 0.1) is 12.2 Å². The fourth-order valence-electron chi connectivity index (χ4n) is 1.69. The molecular formula is C16H15BrO4. The molecule has 0 aromatic heterocycles. The second-order valence-electron chi connectivity index (χ2n) is 4.37. The molecule has 0 atom stereocenters. The van der Waals surface area contributed by atoms with Crippen LogP contribution in [0.25, 0.3) is 0 Å². The summed E-state index contributed by atoms with van der Waals surface area (Å²) in [6.07, 6.45) is 0.961. The zero-order valence-electron chi connectivity index (χ0n) is 11.5. The fourth-order valence-corrected chi connectivity index (χ4v) is 2.22. The van der Waals surface area contributed by atoms with Gasteiger partial charge in [-0.1, -0.05) is 6.92 Å². The number of carboxylic acids is 1. The highest BCUT2D eigenvalue weighted by molar-refractivity contribution is 9.10. The van der Waals surface area contributed by atoms with Gasteiger partial charge < -0.3 is 14.6 Å². The Balaban J connectivity index is 2.07. The highest BCUT2D eigenvalue weighted by Crippen LogP contribution is 2.28. The first kappa shape index (κ1) is 15.4. The van der Waals surface area contributed by atoms with Gasteiger partial charge in [-0.05, 0) is 64.8 Å². The van der Waals surface area contributed by atoms with Gasteiger partial charge in [0.15, 0.2) is 0 Å². The SMILES string of the molecule is CCCOc1ccc(Oc2ccc(C(=O)O)c(Br)c2)cc1. The Kier molecular flexibility index (Phi) is 5.22. The van der Waals surface area contributed by atoms with E-state index < -0.39 is 5.97 Å². The molecule has 110 valence electrons. The number of aromatic carboxylic acids is 1. The quantitative estimate of drug-likeness (QED) is 0.818. The number of rotatable bonds is 6. The van der Waals surface area contributed by atoms with Crippen molar-refractivity contribution in [3.63, 3.8) is 0 Å². The van der Waals surface area contributed by atoms with Crippen molar-refractivity contribution < 1.29 is 19.4 Å². The summed E-state index contributed by atoms with van der Waals surface area (Å²) < 4.78 is 11.6. The minimum Gasteiger partial charge on any atom is -0.494 e. The van der Waals surface area contributed by atoms with Gasteiger partial charge in [0.1, 0.15) is 17.2 Å². The minimum absolute atomic E-state index is 0.200. The zero-order valence-corrected chi connectivity index (χ0v) is 13.1. The lowest BCUT2D eigenvalue weighted by Crippen LogP contribution is -1.97. The number of hydrogen-bond acceptors (Lipinski definition) is 3. The van der Waals surface area contributed by atoms with Crippen molar-refractivity contribution in [2.75, 3.05) is 6.61 Å². The van der Waals surface area contributed by atoms with Crippen LogP contribution in [0.1, 0.15) is 23.7 Å². The van der Waals surface area contributed by atoms with Crippen LogP contribution in [-0.4, -0.2) is 17.7 Å². The van der Waals surface area contributed by atoms with E-state index in [0.29, 0.717) is 22.6 Å². The molecule has 0 saturated heterocycles. The minimum atomic E-state index is -0.981. The Labute approximate surface area is 131 Å². The van der Waals surface area contributed by atoms with E-state index in [0.717, 1.165) is 12.2 Å². The van der Waals surface area contributed by atoms with Crippen LogP contribution in [0.3, 0.4) is 0 Å². The monoisotopic (exact) mass is 350 g/mol. The molecule has 21 heavy (non-hydrogen) atoms. The summed E-state index contributed by atoms with van der Waals surface area (Å²) in [6, 6.07) is 12.0. The summed E-state index contributed by atoms with van der Waals surface area (Å²) >= 11 is 3.22. The second-order valence-corrected chi connectivity index (χ2v) is 5.22. The third-order valence-electron chi connectivity index (χ3n) is 2.70. The number of carbonyl (C=O) groups is 1. The molecule has 1 N–H and O–H groups in total. The maximum absolute atomic E-state index is 10.9. The van der Waals surface area contributed by atoms with Crippen molar-refractivity contribution in [3.05, 3.63) is 52.5 Å². The van der Waals surface area contributed by atoms with E-state index in [-0.39, 0.29) is 5.56 Å². The normalized spacial score (nSPS) is 10.2. The van der Waals surface area contributed by atoms with Gasteiger partial charge in [0.25, 0.3) is 0 Å². The molecule has 0 spiro atoms. The summed E-state index contributed by atoms with van der Waals surface area (Å²) in [5.74, 6) is 1.04. The summed E-state index contributed by atoms with van der Waals surface area (Å²) in [5.41, 5.74) is 0.200. The average Bonchev–Trinajstić information content (AvgIpc) is 2.46. The van der Waals surface area contributed by atoms with Crippen molar-refractivity contribution in [1.82, 2.24) is 0 Å². The fraction of sp³-hybridized carbons (Fsp3) is 0.188. The molecule has 0 fully saturated rings. The first-order valence-electron chi connectivity index (χ1n) is 6.53. The molecule has 0 radical (unpaired) electrons. The van der Waals surface area contributed by atoms with Crippen LogP contribution in [-0.2, 0) is 0 Å². The van der Waals surface area contributed by atoms with Gasteiger partial charge in [0, 0.05) is 4.47 Å². The van der Waals surface area contributed by atoms with Gasteiger partial charge in [-0.25, -0.2) is 4.79 Å². The Morgan fingerprint density at radius 1 is 1.10 bits per heavy atom. The average molecular weight is 351 g/mol. The van der Waals surface area contributed by atoms with Crippen LogP contribution >= 0.6 is 15.9 Å². The molecule has 2 aromatic rings. The summed E-state index contributed by atoms with van der Waals surface area (Å²) in [6.45, 7) is 2.74. The van der Waals surface area contributed by atoms with Crippen LogP contribution in [0.5, 0.6) is 17.2 Å². The molecule has 0 amide bonds.